The zero-order chi connectivity index (χ0) is 15.8. The molecule has 0 bridgehead atoms. The maximum atomic E-state index is 9.29. The number of hydrogen-bond acceptors (Lipinski definition) is 3. The number of hydrogen-bond donors (Lipinski definition) is 1. The average Bonchev–Trinajstić information content (AvgIpc) is 2.56. The first-order valence-corrected chi connectivity index (χ1v) is 8.49. The Morgan fingerprint density at radius 3 is 2.00 bits per heavy atom. The number of terminal acetylenes is 1. The summed E-state index contributed by atoms with van der Waals surface area (Å²) < 4.78 is 0. The Labute approximate surface area is 137 Å². The third kappa shape index (κ3) is 4.92. The second-order valence-electron chi connectivity index (χ2n) is 5.12. The highest BCUT2D eigenvalue weighted by Gasteiger charge is 2.07. The summed E-state index contributed by atoms with van der Waals surface area (Å²) in [6.45, 7) is 2.44. The zero-order valence-electron chi connectivity index (χ0n) is 12.8. The van der Waals surface area contributed by atoms with Crippen LogP contribution in [0.3, 0.4) is 0 Å². The van der Waals surface area contributed by atoms with Crippen LogP contribution < -0.4 is 0 Å². The van der Waals surface area contributed by atoms with Crippen molar-refractivity contribution in [3.8, 4) is 12.3 Å². The van der Waals surface area contributed by atoms with Crippen molar-refractivity contribution < 1.29 is 5.11 Å². The molecular weight excluding hydrogens is 290 g/mol. The van der Waals surface area contributed by atoms with E-state index in [1.54, 1.807) is 11.8 Å². The Morgan fingerprint density at radius 1 is 1.00 bits per heavy atom. The summed E-state index contributed by atoms with van der Waals surface area (Å²) in [7, 11) is 0. The van der Waals surface area contributed by atoms with Crippen LogP contribution in [0.25, 0.3) is 0 Å². The van der Waals surface area contributed by atoms with Gasteiger partial charge in [0.1, 0.15) is 0 Å². The summed E-state index contributed by atoms with van der Waals surface area (Å²) in [5.74, 6) is 2.63. The quantitative estimate of drug-likeness (QED) is 0.626. The second-order valence-corrected chi connectivity index (χ2v) is 6.00. The fourth-order valence-electron chi connectivity index (χ4n) is 2.31. The van der Waals surface area contributed by atoms with E-state index in [9.17, 15) is 5.11 Å². The molecule has 0 aromatic heterocycles. The second kappa shape index (κ2) is 8.65. The Kier molecular flexibility index (Phi) is 6.54. The van der Waals surface area contributed by atoms with E-state index in [2.05, 4.69) is 53.5 Å². The predicted octanol–water partition coefficient (Wildman–Crippen LogP) is 3.38. The molecule has 0 aliphatic heterocycles. The summed E-state index contributed by atoms with van der Waals surface area (Å²) >= 11 is 1.74. The van der Waals surface area contributed by atoms with Gasteiger partial charge in [0.15, 0.2) is 0 Å². The highest BCUT2D eigenvalue weighted by atomic mass is 32.2. The van der Waals surface area contributed by atoms with E-state index >= 15 is 0 Å². The van der Waals surface area contributed by atoms with Crippen LogP contribution in [0, 0.1) is 12.3 Å². The van der Waals surface area contributed by atoms with Gasteiger partial charge in [-0.2, -0.15) is 0 Å². The lowest BCUT2D eigenvalue weighted by atomic mass is 10.1. The van der Waals surface area contributed by atoms with Gasteiger partial charge in [0.25, 0.3) is 0 Å². The van der Waals surface area contributed by atoms with Crippen molar-refractivity contribution in [1.82, 2.24) is 4.90 Å². The standard InChI is InChI=1S/C19H21NOS/c1-3-16-4-6-17(7-5-16)14-20(12-13-21)15-18-8-10-19(22-2)11-9-18/h1,4-11,21H,12-15H2,2H3. The highest BCUT2D eigenvalue weighted by molar-refractivity contribution is 7.98. The van der Waals surface area contributed by atoms with Gasteiger partial charge < -0.3 is 5.11 Å². The van der Waals surface area contributed by atoms with Crippen LogP contribution in [0.5, 0.6) is 0 Å². The molecule has 0 aliphatic rings. The third-order valence-electron chi connectivity index (χ3n) is 3.51. The lowest BCUT2D eigenvalue weighted by Crippen LogP contribution is -2.26. The molecule has 0 atom stereocenters. The van der Waals surface area contributed by atoms with Gasteiger partial charge in [0, 0.05) is 30.1 Å². The van der Waals surface area contributed by atoms with Crippen LogP contribution in [0.4, 0.5) is 0 Å². The molecule has 0 aliphatic carbocycles. The lowest BCUT2D eigenvalue weighted by Gasteiger charge is -2.21. The van der Waals surface area contributed by atoms with Gasteiger partial charge in [-0.3, -0.25) is 4.90 Å². The van der Waals surface area contributed by atoms with Gasteiger partial charge in [0.05, 0.1) is 6.61 Å². The van der Waals surface area contributed by atoms with Crippen molar-refractivity contribution >= 4 is 11.8 Å². The van der Waals surface area contributed by atoms with E-state index in [0.717, 1.165) is 18.7 Å². The molecule has 2 aromatic rings. The first kappa shape index (κ1) is 16.6. The monoisotopic (exact) mass is 311 g/mol. The zero-order valence-corrected chi connectivity index (χ0v) is 13.6. The topological polar surface area (TPSA) is 23.5 Å². The van der Waals surface area contributed by atoms with E-state index in [4.69, 9.17) is 6.42 Å². The van der Waals surface area contributed by atoms with Crippen LogP contribution in [-0.2, 0) is 13.1 Å². The normalized spacial score (nSPS) is 10.6. The van der Waals surface area contributed by atoms with Crippen molar-refractivity contribution in [2.75, 3.05) is 19.4 Å². The molecule has 0 unspecified atom stereocenters. The number of benzene rings is 2. The Balaban J connectivity index is 2.03. The maximum absolute atomic E-state index is 9.29. The molecule has 0 spiro atoms. The van der Waals surface area contributed by atoms with Crippen LogP contribution >= 0.6 is 11.8 Å². The van der Waals surface area contributed by atoms with E-state index in [0.29, 0.717) is 6.54 Å². The van der Waals surface area contributed by atoms with Crippen molar-refractivity contribution in [2.45, 2.75) is 18.0 Å². The first-order chi connectivity index (χ1) is 10.7. The maximum Gasteiger partial charge on any atom is 0.0558 e. The smallest absolute Gasteiger partial charge is 0.0558 e. The van der Waals surface area contributed by atoms with E-state index in [1.807, 2.05) is 12.1 Å². The predicted molar refractivity (Wildman–Crippen MR) is 93.8 cm³/mol. The molecule has 3 heteroatoms. The number of rotatable bonds is 7. The highest BCUT2D eigenvalue weighted by Crippen LogP contribution is 2.17. The fraction of sp³-hybridized carbons (Fsp3) is 0.263. The lowest BCUT2D eigenvalue weighted by molar-refractivity contribution is 0.184. The first-order valence-electron chi connectivity index (χ1n) is 7.27. The van der Waals surface area contributed by atoms with E-state index < -0.39 is 0 Å². The van der Waals surface area contributed by atoms with E-state index in [-0.39, 0.29) is 6.61 Å². The minimum absolute atomic E-state index is 0.158. The van der Waals surface area contributed by atoms with Gasteiger partial charge in [0.2, 0.25) is 0 Å². The molecule has 2 nitrogen and oxygen atoms in total. The molecule has 0 saturated heterocycles. The van der Waals surface area contributed by atoms with Gasteiger partial charge in [-0.25, -0.2) is 0 Å². The van der Waals surface area contributed by atoms with Gasteiger partial charge in [-0.05, 0) is 41.6 Å². The Hall–Kier alpha value is -1.73. The van der Waals surface area contributed by atoms with Crippen LogP contribution in [0.2, 0.25) is 0 Å². The number of thioether (sulfide) groups is 1. The van der Waals surface area contributed by atoms with Crippen molar-refractivity contribution in [3.63, 3.8) is 0 Å². The van der Waals surface area contributed by atoms with Crippen molar-refractivity contribution in [3.05, 3.63) is 65.2 Å². The van der Waals surface area contributed by atoms with Crippen LogP contribution in [-0.4, -0.2) is 29.4 Å². The molecule has 0 saturated carbocycles. The Morgan fingerprint density at radius 2 is 1.55 bits per heavy atom. The largest absolute Gasteiger partial charge is 0.395 e. The number of aliphatic hydroxyl groups excluding tert-OH is 1. The van der Waals surface area contributed by atoms with Crippen LogP contribution in [0.15, 0.2) is 53.4 Å². The van der Waals surface area contributed by atoms with Gasteiger partial charge >= 0.3 is 0 Å². The summed E-state index contributed by atoms with van der Waals surface area (Å²) in [6, 6.07) is 16.6. The fourth-order valence-corrected chi connectivity index (χ4v) is 2.72. The summed E-state index contributed by atoms with van der Waals surface area (Å²) in [4.78, 5) is 3.50. The minimum atomic E-state index is 0.158. The van der Waals surface area contributed by atoms with Crippen LogP contribution in [0.1, 0.15) is 16.7 Å². The van der Waals surface area contributed by atoms with Crippen molar-refractivity contribution in [2.24, 2.45) is 0 Å². The molecule has 1 N–H and O–H groups in total. The molecular formula is C19H21NOS. The molecule has 0 radical (unpaired) electrons. The molecule has 0 fully saturated rings. The number of aliphatic hydroxyl groups is 1. The summed E-state index contributed by atoms with van der Waals surface area (Å²) in [5, 5.41) is 9.29. The minimum Gasteiger partial charge on any atom is -0.395 e. The summed E-state index contributed by atoms with van der Waals surface area (Å²) in [6.07, 6.45) is 7.46. The van der Waals surface area contributed by atoms with Gasteiger partial charge in [-0.1, -0.05) is 30.2 Å². The average molecular weight is 311 g/mol. The molecule has 114 valence electrons. The van der Waals surface area contributed by atoms with E-state index in [1.165, 1.54) is 16.0 Å². The van der Waals surface area contributed by atoms with Gasteiger partial charge in [-0.15, -0.1) is 18.2 Å². The molecule has 0 amide bonds. The molecule has 22 heavy (non-hydrogen) atoms. The third-order valence-corrected chi connectivity index (χ3v) is 4.25. The number of nitrogens with zero attached hydrogens (tertiary/aromatic N) is 1. The molecule has 2 rings (SSSR count). The SMILES string of the molecule is C#Cc1ccc(CN(CCO)Cc2ccc(SC)cc2)cc1. The Bertz CT molecular complexity index is 613. The molecule has 0 heterocycles. The molecule has 2 aromatic carbocycles. The van der Waals surface area contributed by atoms with Crippen molar-refractivity contribution in [1.29, 1.82) is 0 Å². The summed E-state index contributed by atoms with van der Waals surface area (Å²) in [5.41, 5.74) is 3.35.